The first-order valence-corrected chi connectivity index (χ1v) is 6.77. The number of aromatic nitrogens is 2. The Morgan fingerprint density at radius 1 is 1.33 bits per heavy atom. The van der Waals surface area contributed by atoms with Gasteiger partial charge < -0.3 is 13.8 Å². The highest BCUT2D eigenvalue weighted by Crippen LogP contribution is 2.30. The molecule has 6 nitrogen and oxygen atoms in total. The van der Waals surface area contributed by atoms with Gasteiger partial charge in [-0.15, -0.1) is 0 Å². The molecule has 0 N–H and O–H groups in total. The largest absolute Gasteiger partial charge is 0.453 e. The lowest BCUT2D eigenvalue weighted by molar-refractivity contribution is -0.126. The van der Waals surface area contributed by atoms with Gasteiger partial charge in [-0.05, 0) is 12.1 Å². The van der Waals surface area contributed by atoms with Crippen LogP contribution in [0.4, 0.5) is 0 Å². The van der Waals surface area contributed by atoms with Crippen molar-refractivity contribution in [3.63, 3.8) is 0 Å². The fourth-order valence-electron chi connectivity index (χ4n) is 2.62. The fourth-order valence-corrected chi connectivity index (χ4v) is 2.62. The van der Waals surface area contributed by atoms with E-state index in [9.17, 15) is 4.79 Å². The summed E-state index contributed by atoms with van der Waals surface area (Å²) < 4.78 is 11.0. The lowest BCUT2D eigenvalue weighted by atomic mass is 10.1. The molecule has 1 saturated heterocycles. The Kier molecular flexibility index (Phi) is 2.57. The SMILES string of the molecule is CN1CC(c2nc(-c3cc4ccccc4o3)no2)CC1=O. The van der Waals surface area contributed by atoms with Gasteiger partial charge in [-0.1, -0.05) is 23.4 Å². The Morgan fingerprint density at radius 2 is 2.19 bits per heavy atom. The predicted octanol–water partition coefficient (Wildman–Crippen LogP) is 2.43. The topological polar surface area (TPSA) is 72.4 Å². The van der Waals surface area contributed by atoms with E-state index in [0.717, 1.165) is 11.0 Å². The van der Waals surface area contributed by atoms with E-state index in [1.54, 1.807) is 11.9 Å². The second-order valence-corrected chi connectivity index (χ2v) is 5.28. The van der Waals surface area contributed by atoms with Crippen molar-refractivity contribution in [3.8, 4) is 11.6 Å². The van der Waals surface area contributed by atoms with Gasteiger partial charge in [-0.3, -0.25) is 4.79 Å². The van der Waals surface area contributed by atoms with Crippen molar-refractivity contribution >= 4 is 16.9 Å². The summed E-state index contributed by atoms with van der Waals surface area (Å²) in [5.41, 5.74) is 0.787. The van der Waals surface area contributed by atoms with Crippen molar-refractivity contribution in [3.05, 3.63) is 36.2 Å². The molecule has 3 aromatic rings. The molecule has 21 heavy (non-hydrogen) atoms. The molecule has 0 saturated carbocycles. The van der Waals surface area contributed by atoms with E-state index in [2.05, 4.69) is 10.1 Å². The molecule has 1 aromatic carbocycles. The van der Waals surface area contributed by atoms with Gasteiger partial charge in [-0.25, -0.2) is 0 Å². The molecule has 1 aliphatic heterocycles. The van der Waals surface area contributed by atoms with Crippen molar-refractivity contribution in [2.75, 3.05) is 13.6 Å². The summed E-state index contributed by atoms with van der Waals surface area (Å²) in [7, 11) is 1.78. The molecule has 1 atom stereocenters. The number of benzene rings is 1. The molecule has 0 spiro atoms. The smallest absolute Gasteiger partial charge is 0.238 e. The Balaban J connectivity index is 1.66. The van der Waals surface area contributed by atoms with Gasteiger partial charge in [0.1, 0.15) is 5.58 Å². The average molecular weight is 283 g/mol. The van der Waals surface area contributed by atoms with Crippen LogP contribution in [0.2, 0.25) is 0 Å². The summed E-state index contributed by atoms with van der Waals surface area (Å²) in [6, 6.07) is 9.61. The normalized spacial score (nSPS) is 18.8. The number of likely N-dealkylation sites (tertiary alicyclic amines) is 1. The van der Waals surface area contributed by atoms with Crippen LogP contribution in [0, 0.1) is 0 Å². The van der Waals surface area contributed by atoms with Crippen molar-refractivity contribution in [2.45, 2.75) is 12.3 Å². The average Bonchev–Trinajstić information content (AvgIpc) is 3.17. The second-order valence-electron chi connectivity index (χ2n) is 5.28. The van der Waals surface area contributed by atoms with Crippen molar-refractivity contribution in [1.82, 2.24) is 15.0 Å². The Bertz CT molecular complexity index is 787. The molecule has 0 aliphatic carbocycles. The van der Waals surface area contributed by atoms with Crippen LogP contribution in [-0.2, 0) is 4.79 Å². The van der Waals surface area contributed by atoms with Gasteiger partial charge in [-0.2, -0.15) is 4.98 Å². The molecule has 106 valence electrons. The lowest BCUT2D eigenvalue weighted by Gasteiger charge is -2.05. The highest BCUT2D eigenvalue weighted by Gasteiger charge is 2.32. The monoisotopic (exact) mass is 283 g/mol. The summed E-state index contributed by atoms with van der Waals surface area (Å²) in [5.74, 6) is 1.55. The van der Waals surface area contributed by atoms with E-state index in [1.807, 2.05) is 30.3 Å². The summed E-state index contributed by atoms with van der Waals surface area (Å²) in [6.07, 6.45) is 0.415. The van der Waals surface area contributed by atoms with Crippen molar-refractivity contribution in [1.29, 1.82) is 0 Å². The number of rotatable bonds is 2. The zero-order valence-electron chi connectivity index (χ0n) is 11.4. The van der Waals surface area contributed by atoms with Gasteiger partial charge in [0.25, 0.3) is 0 Å². The summed E-state index contributed by atoms with van der Waals surface area (Å²) in [4.78, 5) is 17.6. The Morgan fingerprint density at radius 3 is 2.95 bits per heavy atom. The number of fused-ring (bicyclic) bond motifs is 1. The van der Waals surface area contributed by atoms with E-state index in [-0.39, 0.29) is 11.8 Å². The number of carbonyl (C=O) groups is 1. The molecular formula is C15H13N3O3. The quantitative estimate of drug-likeness (QED) is 0.722. The standard InChI is InChI=1S/C15H13N3O3/c1-18-8-10(7-13(18)19)15-16-14(17-21-15)12-6-9-4-2-3-5-11(9)20-12/h2-6,10H,7-8H2,1H3. The predicted molar refractivity (Wildman–Crippen MR) is 74.5 cm³/mol. The van der Waals surface area contributed by atoms with Gasteiger partial charge >= 0.3 is 0 Å². The minimum absolute atomic E-state index is 0.0341. The maximum absolute atomic E-state index is 11.6. The molecular weight excluding hydrogens is 270 g/mol. The molecule has 1 unspecified atom stereocenters. The number of para-hydroxylation sites is 1. The highest BCUT2D eigenvalue weighted by atomic mass is 16.5. The van der Waals surface area contributed by atoms with Gasteiger partial charge in [0.05, 0.1) is 5.92 Å². The first-order chi connectivity index (χ1) is 10.2. The highest BCUT2D eigenvalue weighted by molar-refractivity contribution is 5.81. The summed E-state index contributed by atoms with van der Waals surface area (Å²) in [5, 5.41) is 4.96. The van der Waals surface area contributed by atoms with Crippen LogP contribution < -0.4 is 0 Å². The first kappa shape index (κ1) is 12.1. The maximum Gasteiger partial charge on any atom is 0.238 e. The number of carbonyl (C=O) groups excluding carboxylic acids is 1. The first-order valence-electron chi connectivity index (χ1n) is 6.77. The van der Waals surface area contributed by atoms with Crippen molar-refractivity contribution in [2.24, 2.45) is 0 Å². The lowest BCUT2D eigenvalue weighted by Crippen LogP contribution is -2.18. The van der Waals surface area contributed by atoms with E-state index >= 15 is 0 Å². The number of likely N-dealkylation sites (N-methyl/N-ethyl adjacent to an activating group) is 1. The van der Waals surface area contributed by atoms with Crippen LogP contribution in [0.3, 0.4) is 0 Å². The summed E-state index contributed by atoms with van der Waals surface area (Å²) in [6.45, 7) is 0.612. The molecule has 2 aromatic heterocycles. The number of furan rings is 1. The van der Waals surface area contributed by atoms with Gasteiger partial charge in [0.15, 0.2) is 5.76 Å². The Labute approximate surface area is 120 Å². The number of hydrogen-bond donors (Lipinski definition) is 0. The third-order valence-electron chi connectivity index (χ3n) is 3.78. The van der Waals surface area contributed by atoms with E-state index in [0.29, 0.717) is 30.4 Å². The van der Waals surface area contributed by atoms with Gasteiger partial charge in [0, 0.05) is 25.4 Å². The minimum Gasteiger partial charge on any atom is -0.453 e. The number of nitrogens with zero attached hydrogens (tertiary/aromatic N) is 3. The third-order valence-corrected chi connectivity index (χ3v) is 3.78. The molecule has 6 heteroatoms. The van der Waals surface area contributed by atoms with E-state index < -0.39 is 0 Å². The zero-order chi connectivity index (χ0) is 14.4. The molecule has 0 radical (unpaired) electrons. The van der Waals surface area contributed by atoms with Crippen LogP contribution in [0.15, 0.2) is 39.3 Å². The van der Waals surface area contributed by atoms with Gasteiger partial charge in [0.2, 0.25) is 17.6 Å². The number of hydrogen-bond acceptors (Lipinski definition) is 5. The third kappa shape index (κ3) is 1.99. The van der Waals surface area contributed by atoms with E-state index in [4.69, 9.17) is 8.94 Å². The molecule has 1 fully saturated rings. The maximum atomic E-state index is 11.6. The van der Waals surface area contributed by atoms with Crippen molar-refractivity contribution < 1.29 is 13.7 Å². The van der Waals surface area contributed by atoms with E-state index in [1.165, 1.54) is 0 Å². The second kappa shape index (κ2) is 4.44. The van der Waals surface area contributed by atoms with Crippen LogP contribution in [0.5, 0.6) is 0 Å². The van der Waals surface area contributed by atoms with Crippen LogP contribution in [0.1, 0.15) is 18.2 Å². The van der Waals surface area contributed by atoms with Crippen LogP contribution in [0.25, 0.3) is 22.6 Å². The number of amides is 1. The fraction of sp³-hybridized carbons (Fsp3) is 0.267. The molecule has 1 amide bonds. The molecule has 3 heterocycles. The van der Waals surface area contributed by atoms with Crippen LogP contribution in [-0.4, -0.2) is 34.5 Å². The Hall–Kier alpha value is -2.63. The zero-order valence-corrected chi connectivity index (χ0v) is 11.4. The van der Waals surface area contributed by atoms with Crippen LogP contribution >= 0.6 is 0 Å². The minimum atomic E-state index is -0.0341. The molecule has 4 rings (SSSR count). The summed E-state index contributed by atoms with van der Waals surface area (Å²) >= 11 is 0. The molecule has 0 bridgehead atoms. The molecule has 1 aliphatic rings.